The molecule has 5 aromatic carbocycles. The van der Waals surface area contributed by atoms with E-state index in [1.165, 1.54) is 38.2 Å². The second-order valence-corrected chi connectivity index (χ2v) is 10.4. The Balaban J connectivity index is 0.00000173. The van der Waals surface area contributed by atoms with Crippen molar-refractivity contribution in [3.63, 3.8) is 0 Å². The summed E-state index contributed by atoms with van der Waals surface area (Å²) in [5.74, 6) is 0. The lowest BCUT2D eigenvalue weighted by Gasteiger charge is -2.20. The molecule has 6 rings (SSSR count). The van der Waals surface area contributed by atoms with E-state index in [4.69, 9.17) is 5.73 Å². The molecule has 0 bridgehead atoms. The van der Waals surface area contributed by atoms with Crippen LogP contribution in [0.25, 0.3) is 38.4 Å². The maximum Gasteiger partial charge on any atom is 0.101 e. The van der Waals surface area contributed by atoms with E-state index in [1.807, 2.05) is 27.0 Å². The zero-order valence-corrected chi connectivity index (χ0v) is 24.9. The first-order valence-corrected chi connectivity index (χ1v) is 15.1. The molecule has 212 valence electrons. The maximum atomic E-state index is 6.81. The number of nitrogens with one attached hydrogen (secondary N) is 2. The van der Waals surface area contributed by atoms with Crippen molar-refractivity contribution < 1.29 is 0 Å². The number of hydrogen-bond acceptors (Lipinski definition) is 3. The van der Waals surface area contributed by atoms with Gasteiger partial charge in [-0.1, -0.05) is 141 Å². The molecule has 0 aromatic heterocycles. The van der Waals surface area contributed by atoms with Crippen LogP contribution < -0.4 is 16.4 Å². The fourth-order valence-electron chi connectivity index (χ4n) is 5.67. The third kappa shape index (κ3) is 6.32. The molecule has 1 unspecified atom stereocenters. The molecule has 0 heterocycles. The molecule has 3 heteroatoms. The average molecular weight is 552 g/mol. The van der Waals surface area contributed by atoms with Gasteiger partial charge in [0.25, 0.3) is 0 Å². The van der Waals surface area contributed by atoms with Gasteiger partial charge in [0.05, 0.1) is 5.69 Å². The van der Waals surface area contributed by atoms with Gasteiger partial charge in [-0.05, 0) is 58.2 Å². The van der Waals surface area contributed by atoms with Crippen LogP contribution in [0.1, 0.15) is 50.4 Å². The first kappa shape index (κ1) is 28.9. The van der Waals surface area contributed by atoms with Crippen molar-refractivity contribution in [1.82, 2.24) is 5.32 Å². The predicted octanol–water partition coefficient (Wildman–Crippen LogP) is 9.98. The van der Waals surface area contributed by atoms with Crippen molar-refractivity contribution in [2.24, 2.45) is 5.73 Å². The van der Waals surface area contributed by atoms with Crippen molar-refractivity contribution in [3.05, 3.63) is 144 Å². The van der Waals surface area contributed by atoms with Crippen LogP contribution in [-0.2, 0) is 0 Å². The van der Waals surface area contributed by atoms with E-state index in [2.05, 4.69) is 132 Å². The highest BCUT2D eigenvalue weighted by Gasteiger charge is 2.14. The maximum absolute atomic E-state index is 6.81. The van der Waals surface area contributed by atoms with E-state index < -0.39 is 0 Å². The van der Waals surface area contributed by atoms with Crippen molar-refractivity contribution in [2.75, 3.05) is 12.4 Å². The Labute approximate surface area is 250 Å². The molecule has 42 heavy (non-hydrogen) atoms. The quantitative estimate of drug-likeness (QED) is 0.133. The van der Waals surface area contributed by atoms with Crippen molar-refractivity contribution in [3.8, 4) is 11.1 Å². The van der Waals surface area contributed by atoms with Crippen LogP contribution in [0.5, 0.6) is 0 Å². The number of anilines is 1. The van der Waals surface area contributed by atoms with E-state index in [0.717, 1.165) is 41.8 Å². The lowest BCUT2D eigenvalue weighted by Crippen LogP contribution is -2.27. The summed E-state index contributed by atoms with van der Waals surface area (Å²) >= 11 is 0. The summed E-state index contributed by atoms with van der Waals surface area (Å²) in [6, 6.07) is 36.4. The molecule has 4 N–H and O–H groups in total. The van der Waals surface area contributed by atoms with Crippen molar-refractivity contribution in [2.45, 2.75) is 39.3 Å². The van der Waals surface area contributed by atoms with Gasteiger partial charge in [-0.15, -0.1) is 0 Å². The van der Waals surface area contributed by atoms with Crippen LogP contribution >= 0.6 is 0 Å². The molecular formula is C39H41N3. The van der Waals surface area contributed by atoms with E-state index >= 15 is 0 Å². The molecule has 0 amide bonds. The number of hydrogen-bond donors (Lipinski definition) is 3. The van der Waals surface area contributed by atoms with Gasteiger partial charge in [0.15, 0.2) is 0 Å². The lowest BCUT2D eigenvalue weighted by atomic mass is 9.93. The Morgan fingerprint density at radius 2 is 1.57 bits per heavy atom. The van der Waals surface area contributed by atoms with Crippen molar-refractivity contribution >= 4 is 32.9 Å². The third-order valence-corrected chi connectivity index (χ3v) is 7.78. The summed E-state index contributed by atoms with van der Waals surface area (Å²) < 4.78 is 0. The molecule has 0 saturated carbocycles. The minimum Gasteiger partial charge on any atom is -0.387 e. The zero-order chi connectivity index (χ0) is 29.3. The largest absolute Gasteiger partial charge is 0.387 e. The van der Waals surface area contributed by atoms with Gasteiger partial charge in [0.2, 0.25) is 0 Å². The number of allylic oxidation sites excluding steroid dienone is 5. The average Bonchev–Trinajstić information content (AvgIpc) is 3.07. The molecule has 0 radical (unpaired) electrons. The molecule has 1 aliphatic rings. The first-order valence-electron chi connectivity index (χ1n) is 15.1. The summed E-state index contributed by atoms with van der Waals surface area (Å²) in [7, 11) is 2.01. The Morgan fingerprint density at radius 1 is 0.857 bits per heavy atom. The number of benzene rings is 5. The van der Waals surface area contributed by atoms with Crippen LogP contribution in [-0.4, -0.2) is 7.05 Å². The minimum atomic E-state index is -0.341. The number of fused-ring (bicyclic) bond motifs is 3. The second-order valence-electron chi connectivity index (χ2n) is 10.4. The normalized spacial score (nSPS) is 13.7. The third-order valence-electron chi connectivity index (χ3n) is 7.78. The van der Waals surface area contributed by atoms with Gasteiger partial charge in [-0.3, -0.25) is 0 Å². The summed E-state index contributed by atoms with van der Waals surface area (Å²) in [5.41, 5.74) is 15.1. The molecule has 1 atom stereocenters. The van der Waals surface area contributed by atoms with Gasteiger partial charge in [0.1, 0.15) is 6.17 Å². The standard InChI is InChI=1S/C37H35N3.C2H6/c1-39-36-33(27-13-7-3-8-14-27)23-20-29-18-19-30-25-31(21-22-32(30)35(29)36)37(38)40-34(28-15-9-4-10-16-28)24-17-26-11-5-2-6-12-26;1-2/h2-5,7-11,13-16,18-25,37,39-40H,6,12,17,38H2,1H3;1-2H3/b34-24-;. The van der Waals surface area contributed by atoms with E-state index in [9.17, 15) is 0 Å². The van der Waals surface area contributed by atoms with Crippen molar-refractivity contribution in [1.29, 1.82) is 0 Å². The van der Waals surface area contributed by atoms with E-state index in [-0.39, 0.29) is 6.17 Å². The molecule has 0 saturated heterocycles. The lowest BCUT2D eigenvalue weighted by molar-refractivity contribution is 0.666. The molecule has 1 aliphatic carbocycles. The summed E-state index contributed by atoms with van der Waals surface area (Å²) in [6.45, 7) is 4.00. The monoisotopic (exact) mass is 551 g/mol. The molecular weight excluding hydrogens is 510 g/mol. The highest BCUT2D eigenvalue weighted by Crippen LogP contribution is 2.39. The Morgan fingerprint density at radius 3 is 2.29 bits per heavy atom. The zero-order valence-electron chi connectivity index (χ0n) is 24.9. The summed E-state index contributed by atoms with van der Waals surface area (Å²) in [4.78, 5) is 0. The highest BCUT2D eigenvalue weighted by atomic mass is 15.0. The second kappa shape index (κ2) is 13.8. The van der Waals surface area contributed by atoms with Gasteiger partial charge in [-0.2, -0.15) is 0 Å². The van der Waals surface area contributed by atoms with Crippen LogP contribution in [0.4, 0.5) is 5.69 Å². The van der Waals surface area contributed by atoms with Gasteiger partial charge in [-0.25, -0.2) is 0 Å². The first-order chi connectivity index (χ1) is 20.7. The van der Waals surface area contributed by atoms with Crippen LogP contribution in [0, 0.1) is 0 Å². The fraction of sp³-hybridized carbons (Fsp3) is 0.179. The Kier molecular flexibility index (Phi) is 9.53. The van der Waals surface area contributed by atoms with Crippen LogP contribution in [0.3, 0.4) is 0 Å². The summed E-state index contributed by atoms with van der Waals surface area (Å²) in [6.07, 6.45) is 11.7. The highest BCUT2D eigenvalue weighted by molar-refractivity contribution is 6.16. The minimum absolute atomic E-state index is 0.341. The molecule has 5 aromatic rings. The topological polar surface area (TPSA) is 50.1 Å². The Hall–Kier alpha value is -4.60. The van der Waals surface area contributed by atoms with Gasteiger partial charge in [0, 0.05) is 23.7 Å². The van der Waals surface area contributed by atoms with Gasteiger partial charge >= 0.3 is 0 Å². The molecule has 3 nitrogen and oxygen atoms in total. The SMILES string of the molecule is CC.CNc1c(-c2ccccc2)ccc2ccc3cc(C(N)N/C(=C\CC4=CC=CCC4)c4ccccc4)ccc3c12. The smallest absolute Gasteiger partial charge is 0.101 e. The fourth-order valence-corrected chi connectivity index (χ4v) is 5.67. The molecule has 0 spiro atoms. The van der Waals surface area contributed by atoms with E-state index in [1.54, 1.807) is 0 Å². The van der Waals surface area contributed by atoms with Crippen LogP contribution in [0.2, 0.25) is 0 Å². The number of rotatable bonds is 8. The van der Waals surface area contributed by atoms with Crippen LogP contribution in [0.15, 0.2) is 133 Å². The summed E-state index contributed by atoms with van der Waals surface area (Å²) in [5, 5.41) is 12.0. The molecule has 0 fully saturated rings. The van der Waals surface area contributed by atoms with Gasteiger partial charge < -0.3 is 16.4 Å². The predicted molar refractivity (Wildman–Crippen MR) is 183 cm³/mol. The number of nitrogens with two attached hydrogens (primary N) is 1. The molecule has 0 aliphatic heterocycles. The Bertz CT molecular complexity index is 1730. The van der Waals surface area contributed by atoms with E-state index in [0.29, 0.717) is 0 Å².